The standard InChI is InChI=1S/C16H20N2S/c19-13-16(8-4-5-9-16)12-18-11-10-17-15(18)14-6-2-1-3-7-14/h1-3,6-7,10-11,19H,4-5,8-9,12-13H2. The lowest BCUT2D eigenvalue weighted by Gasteiger charge is -2.28. The Bertz CT molecular complexity index is 527. The zero-order chi connectivity index (χ0) is 13.1. The maximum absolute atomic E-state index is 4.60. The van der Waals surface area contributed by atoms with E-state index in [4.69, 9.17) is 0 Å². The minimum Gasteiger partial charge on any atom is -0.330 e. The van der Waals surface area contributed by atoms with Gasteiger partial charge in [0, 0.05) is 24.5 Å². The van der Waals surface area contributed by atoms with Crippen LogP contribution in [0.2, 0.25) is 0 Å². The zero-order valence-corrected chi connectivity index (χ0v) is 12.0. The van der Waals surface area contributed by atoms with Crippen LogP contribution in [0.3, 0.4) is 0 Å². The van der Waals surface area contributed by atoms with Crippen molar-refractivity contribution in [2.45, 2.75) is 32.2 Å². The largest absolute Gasteiger partial charge is 0.330 e. The van der Waals surface area contributed by atoms with Gasteiger partial charge in [0.2, 0.25) is 0 Å². The Hall–Kier alpha value is -1.22. The van der Waals surface area contributed by atoms with E-state index >= 15 is 0 Å². The van der Waals surface area contributed by atoms with Gasteiger partial charge in [0.15, 0.2) is 0 Å². The summed E-state index contributed by atoms with van der Waals surface area (Å²) in [4.78, 5) is 4.53. The highest BCUT2D eigenvalue weighted by molar-refractivity contribution is 7.80. The Balaban J connectivity index is 1.88. The SMILES string of the molecule is SCC1(Cn2ccnc2-c2ccccc2)CCCC1. The smallest absolute Gasteiger partial charge is 0.139 e. The van der Waals surface area contributed by atoms with Crippen molar-refractivity contribution in [3.8, 4) is 11.4 Å². The lowest BCUT2D eigenvalue weighted by molar-refractivity contribution is 0.292. The normalized spacial score (nSPS) is 17.7. The van der Waals surface area contributed by atoms with Gasteiger partial charge in [-0.1, -0.05) is 43.2 Å². The average molecular weight is 272 g/mol. The van der Waals surface area contributed by atoms with E-state index in [1.165, 1.54) is 31.2 Å². The number of imidazole rings is 1. The molecule has 0 radical (unpaired) electrons. The summed E-state index contributed by atoms with van der Waals surface area (Å²) in [5.74, 6) is 2.05. The molecule has 1 fully saturated rings. The third-order valence-corrected chi connectivity index (χ3v) is 4.92. The molecule has 1 aromatic carbocycles. The van der Waals surface area contributed by atoms with E-state index < -0.39 is 0 Å². The highest BCUT2D eigenvalue weighted by atomic mass is 32.1. The Morgan fingerprint density at radius 1 is 1.16 bits per heavy atom. The predicted molar refractivity (Wildman–Crippen MR) is 82.4 cm³/mol. The molecule has 1 saturated carbocycles. The Morgan fingerprint density at radius 2 is 1.89 bits per heavy atom. The van der Waals surface area contributed by atoms with Crippen LogP contribution < -0.4 is 0 Å². The Labute approximate surface area is 120 Å². The molecule has 0 amide bonds. The van der Waals surface area contributed by atoms with Gasteiger partial charge >= 0.3 is 0 Å². The van der Waals surface area contributed by atoms with E-state index in [1.54, 1.807) is 0 Å². The van der Waals surface area contributed by atoms with Gasteiger partial charge < -0.3 is 4.57 Å². The second-order valence-corrected chi connectivity index (χ2v) is 5.93. The molecule has 0 spiro atoms. The summed E-state index contributed by atoms with van der Waals surface area (Å²) in [6, 6.07) is 10.4. The van der Waals surface area contributed by atoms with Crippen molar-refractivity contribution in [2.75, 3.05) is 5.75 Å². The molecule has 1 aliphatic rings. The van der Waals surface area contributed by atoms with E-state index in [1.807, 2.05) is 12.3 Å². The molecule has 0 aliphatic heterocycles. The van der Waals surface area contributed by atoms with E-state index in [9.17, 15) is 0 Å². The van der Waals surface area contributed by atoms with Crippen LogP contribution in [0.15, 0.2) is 42.7 Å². The van der Waals surface area contributed by atoms with Crippen molar-refractivity contribution in [3.05, 3.63) is 42.7 Å². The maximum Gasteiger partial charge on any atom is 0.139 e. The van der Waals surface area contributed by atoms with Gasteiger partial charge in [-0.2, -0.15) is 12.6 Å². The first-order chi connectivity index (χ1) is 9.33. The van der Waals surface area contributed by atoms with E-state index in [-0.39, 0.29) is 0 Å². The molecule has 2 aromatic rings. The minimum atomic E-state index is 0.368. The number of hydrogen-bond acceptors (Lipinski definition) is 2. The maximum atomic E-state index is 4.60. The van der Waals surface area contributed by atoms with E-state index in [0.29, 0.717) is 5.41 Å². The van der Waals surface area contributed by atoms with Crippen LogP contribution in [-0.2, 0) is 6.54 Å². The third kappa shape index (κ3) is 2.57. The van der Waals surface area contributed by atoms with Crippen LogP contribution in [0.25, 0.3) is 11.4 Å². The first-order valence-electron chi connectivity index (χ1n) is 7.00. The molecule has 0 atom stereocenters. The van der Waals surface area contributed by atoms with Gasteiger partial charge in [-0.25, -0.2) is 4.98 Å². The topological polar surface area (TPSA) is 17.8 Å². The summed E-state index contributed by atoms with van der Waals surface area (Å²) >= 11 is 4.60. The van der Waals surface area contributed by atoms with E-state index in [2.05, 4.69) is 52.6 Å². The van der Waals surface area contributed by atoms with Crippen LogP contribution in [0.4, 0.5) is 0 Å². The molecule has 0 unspecified atom stereocenters. The number of nitrogens with zero attached hydrogens (tertiary/aromatic N) is 2. The molecule has 100 valence electrons. The molecule has 1 heterocycles. The highest BCUT2D eigenvalue weighted by Gasteiger charge is 2.33. The third-order valence-electron chi connectivity index (χ3n) is 4.25. The van der Waals surface area contributed by atoms with Crippen molar-refractivity contribution in [1.29, 1.82) is 0 Å². The molecule has 1 aromatic heterocycles. The molecule has 3 heteroatoms. The van der Waals surface area contributed by atoms with Gasteiger partial charge in [0.05, 0.1) is 0 Å². The molecule has 2 nitrogen and oxygen atoms in total. The molecule has 0 saturated heterocycles. The fraction of sp³-hybridized carbons (Fsp3) is 0.438. The fourth-order valence-electron chi connectivity index (χ4n) is 3.14. The number of thiol groups is 1. The molecular formula is C16H20N2S. The predicted octanol–water partition coefficient (Wildman–Crippen LogP) is 4.04. The van der Waals surface area contributed by atoms with Crippen molar-refractivity contribution in [1.82, 2.24) is 9.55 Å². The van der Waals surface area contributed by atoms with E-state index in [0.717, 1.165) is 18.1 Å². The summed E-state index contributed by atoms with van der Waals surface area (Å²) in [7, 11) is 0. The first-order valence-corrected chi connectivity index (χ1v) is 7.64. The molecule has 1 aliphatic carbocycles. The Morgan fingerprint density at radius 3 is 2.58 bits per heavy atom. The van der Waals surface area contributed by atoms with Crippen LogP contribution in [0.1, 0.15) is 25.7 Å². The van der Waals surface area contributed by atoms with Crippen LogP contribution in [-0.4, -0.2) is 15.3 Å². The number of aromatic nitrogens is 2. The molecular weight excluding hydrogens is 252 g/mol. The molecule has 0 N–H and O–H groups in total. The summed E-state index contributed by atoms with van der Waals surface area (Å²) < 4.78 is 2.30. The molecule has 0 bridgehead atoms. The molecule has 19 heavy (non-hydrogen) atoms. The highest BCUT2D eigenvalue weighted by Crippen LogP contribution is 2.41. The van der Waals surface area contributed by atoms with Gasteiger partial charge in [-0.05, 0) is 24.0 Å². The quantitative estimate of drug-likeness (QED) is 0.832. The first kappa shape index (κ1) is 12.8. The second-order valence-electron chi connectivity index (χ2n) is 5.61. The van der Waals surface area contributed by atoms with Gasteiger partial charge in [-0.15, -0.1) is 0 Å². The summed E-state index contributed by atoms with van der Waals surface area (Å²) in [6.07, 6.45) is 9.28. The number of rotatable bonds is 4. The lowest BCUT2D eigenvalue weighted by Crippen LogP contribution is -2.25. The number of hydrogen-bond donors (Lipinski definition) is 1. The van der Waals surface area contributed by atoms with Crippen molar-refractivity contribution in [3.63, 3.8) is 0 Å². The fourth-order valence-corrected chi connectivity index (χ4v) is 3.55. The van der Waals surface area contributed by atoms with Crippen LogP contribution in [0, 0.1) is 5.41 Å². The monoisotopic (exact) mass is 272 g/mol. The van der Waals surface area contributed by atoms with Gasteiger partial charge in [0.25, 0.3) is 0 Å². The molecule has 3 rings (SSSR count). The van der Waals surface area contributed by atoms with Gasteiger partial charge in [-0.3, -0.25) is 0 Å². The lowest BCUT2D eigenvalue weighted by atomic mass is 9.88. The van der Waals surface area contributed by atoms with Crippen LogP contribution in [0.5, 0.6) is 0 Å². The van der Waals surface area contributed by atoms with Crippen molar-refractivity contribution >= 4 is 12.6 Å². The minimum absolute atomic E-state index is 0.368. The summed E-state index contributed by atoms with van der Waals surface area (Å²) in [5.41, 5.74) is 1.56. The van der Waals surface area contributed by atoms with Gasteiger partial charge in [0.1, 0.15) is 5.82 Å². The Kier molecular flexibility index (Phi) is 3.65. The zero-order valence-electron chi connectivity index (χ0n) is 11.1. The summed E-state index contributed by atoms with van der Waals surface area (Å²) in [6.45, 7) is 1.04. The van der Waals surface area contributed by atoms with Crippen molar-refractivity contribution < 1.29 is 0 Å². The summed E-state index contributed by atoms with van der Waals surface area (Å²) in [5, 5.41) is 0. The van der Waals surface area contributed by atoms with Crippen LogP contribution >= 0.6 is 12.6 Å². The second kappa shape index (κ2) is 5.41. The van der Waals surface area contributed by atoms with Crippen molar-refractivity contribution in [2.24, 2.45) is 5.41 Å². The number of benzene rings is 1. The average Bonchev–Trinajstić information content (AvgIpc) is 3.10.